The van der Waals surface area contributed by atoms with Crippen LogP contribution in [0.4, 0.5) is 4.79 Å². The highest BCUT2D eigenvalue weighted by molar-refractivity contribution is 5.82. The number of nitrogens with zero attached hydrogens (tertiary/aromatic N) is 1. The molecule has 0 aromatic carbocycles. The number of nitrogens with one attached hydrogen (secondary N) is 1. The fourth-order valence-electron chi connectivity index (χ4n) is 1.70. The highest BCUT2D eigenvalue weighted by atomic mass is 16.4. The molecule has 1 atom stereocenters. The van der Waals surface area contributed by atoms with E-state index < -0.39 is 18.0 Å². The zero-order valence-corrected chi connectivity index (χ0v) is 9.63. The van der Waals surface area contributed by atoms with Crippen LogP contribution >= 0.6 is 0 Å². The van der Waals surface area contributed by atoms with Crippen molar-refractivity contribution >= 4 is 12.0 Å². The van der Waals surface area contributed by atoms with Gasteiger partial charge in [-0.25, -0.2) is 9.59 Å². The van der Waals surface area contributed by atoms with E-state index >= 15 is 0 Å². The Hall–Kier alpha value is -1.56. The average Bonchev–Trinajstić information content (AvgIpc) is 2.29. The van der Waals surface area contributed by atoms with Crippen molar-refractivity contribution in [1.82, 2.24) is 10.2 Å². The van der Waals surface area contributed by atoms with E-state index in [0.717, 1.165) is 0 Å². The summed E-state index contributed by atoms with van der Waals surface area (Å²) in [5.74, 6) is -1.07. The number of aliphatic carboxylic acids is 1. The van der Waals surface area contributed by atoms with Gasteiger partial charge in [-0.05, 0) is 19.3 Å². The van der Waals surface area contributed by atoms with Crippen LogP contribution in [0, 0.1) is 0 Å². The van der Waals surface area contributed by atoms with Crippen molar-refractivity contribution in [2.24, 2.45) is 0 Å². The van der Waals surface area contributed by atoms with Crippen molar-refractivity contribution in [3.05, 3.63) is 12.7 Å². The average molecular weight is 242 g/mol. The summed E-state index contributed by atoms with van der Waals surface area (Å²) in [7, 11) is 0. The van der Waals surface area contributed by atoms with Crippen LogP contribution in [-0.2, 0) is 4.79 Å². The number of urea groups is 1. The number of rotatable bonds is 4. The van der Waals surface area contributed by atoms with E-state index in [-0.39, 0.29) is 12.5 Å². The maximum atomic E-state index is 11.7. The van der Waals surface area contributed by atoms with E-state index in [1.807, 2.05) is 0 Å². The molecule has 0 aromatic heterocycles. The van der Waals surface area contributed by atoms with Gasteiger partial charge in [0.2, 0.25) is 0 Å². The number of aliphatic hydroxyl groups is 1. The lowest BCUT2D eigenvalue weighted by molar-refractivity contribution is -0.139. The molecule has 17 heavy (non-hydrogen) atoms. The molecule has 0 spiro atoms. The number of carbonyl (C=O) groups excluding carboxylic acids is 1. The van der Waals surface area contributed by atoms with Gasteiger partial charge in [-0.3, -0.25) is 0 Å². The first-order chi connectivity index (χ1) is 8.04. The topological polar surface area (TPSA) is 89.9 Å². The molecule has 6 heteroatoms. The predicted octanol–water partition coefficient (Wildman–Crippen LogP) is 0.182. The minimum Gasteiger partial charge on any atom is -0.480 e. The van der Waals surface area contributed by atoms with Crippen LogP contribution in [0.15, 0.2) is 12.7 Å². The van der Waals surface area contributed by atoms with E-state index in [1.165, 1.54) is 11.0 Å². The van der Waals surface area contributed by atoms with Gasteiger partial charge < -0.3 is 20.4 Å². The molecule has 6 nitrogen and oxygen atoms in total. The molecule has 1 unspecified atom stereocenters. The van der Waals surface area contributed by atoms with Crippen LogP contribution in [0.2, 0.25) is 0 Å². The number of likely N-dealkylation sites (tertiary alicyclic amines) is 1. The molecular weight excluding hydrogens is 224 g/mol. The second-order valence-corrected chi connectivity index (χ2v) is 4.08. The third-order valence-corrected chi connectivity index (χ3v) is 2.75. The lowest BCUT2D eigenvalue weighted by atomic mass is 10.1. The molecule has 1 rings (SSSR count). The number of amides is 2. The largest absolute Gasteiger partial charge is 0.480 e. The van der Waals surface area contributed by atoms with E-state index in [9.17, 15) is 14.7 Å². The Morgan fingerprint density at radius 3 is 2.53 bits per heavy atom. The molecule has 1 aliphatic heterocycles. The van der Waals surface area contributed by atoms with Crippen LogP contribution in [0.1, 0.15) is 19.3 Å². The molecule has 96 valence electrons. The monoisotopic (exact) mass is 242 g/mol. The first kappa shape index (κ1) is 13.5. The van der Waals surface area contributed by atoms with E-state index in [0.29, 0.717) is 25.9 Å². The molecular formula is C11H18N2O4. The van der Waals surface area contributed by atoms with E-state index in [4.69, 9.17) is 5.11 Å². The van der Waals surface area contributed by atoms with Crippen LogP contribution < -0.4 is 5.32 Å². The van der Waals surface area contributed by atoms with Gasteiger partial charge in [-0.15, -0.1) is 6.58 Å². The summed E-state index contributed by atoms with van der Waals surface area (Å²) in [6.07, 6.45) is 2.36. The van der Waals surface area contributed by atoms with Gasteiger partial charge in [0.05, 0.1) is 6.10 Å². The first-order valence-corrected chi connectivity index (χ1v) is 5.61. The van der Waals surface area contributed by atoms with Crippen molar-refractivity contribution in [3.63, 3.8) is 0 Å². The second-order valence-electron chi connectivity index (χ2n) is 4.08. The van der Waals surface area contributed by atoms with E-state index in [1.54, 1.807) is 0 Å². The minimum atomic E-state index is -1.07. The molecule has 0 aliphatic carbocycles. The number of carbonyl (C=O) groups is 2. The van der Waals surface area contributed by atoms with Crippen molar-refractivity contribution in [1.29, 1.82) is 0 Å². The molecule has 1 saturated heterocycles. The number of aliphatic hydroxyl groups excluding tert-OH is 1. The number of carboxylic acid groups (broad SMARTS) is 1. The molecule has 0 radical (unpaired) electrons. The lowest BCUT2D eigenvalue weighted by Gasteiger charge is -2.30. The Labute approximate surface area is 99.9 Å². The Morgan fingerprint density at radius 1 is 1.47 bits per heavy atom. The van der Waals surface area contributed by atoms with Gasteiger partial charge in [0, 0.05) is 13.1 Å². The molecule has 2 amide bonds. The number of hydrogen-bond donors (Lipinski definition) is 3. The van der Waals surface area contributed by atoms with Crippen molar-refractivity contribution in [2.45, 2.75) is 31.4 Å². The summed E-state index contributed by atoms with van der Waals surface area (Å²) in [5.41, 5.74) is 0. The minimum absolute atomic E-state index is 0.192. The number of hydrogen-bond acceptors (Lipinski definition) is 3. The molecule has 1 heterocycles. The third-order valence-electron chi connectivity index (χ3n) is 2.75. The van der Waals surface area contributed by atoms with Crippen LogP contribution in [0.5, 0.6) is 0 Å². The standard InChI is InChI=1S/C11H18N2O4/c1-2-3-9(10(15)16)12-11(17)13-6-4-8(14)5-7-13/h2,8-9,14H,1,3-7H2,(H,12,17)(H,15,16). The van der Waals surface area contributed by atoms with Gasteiger partial charge in [-0.1, -0.05) is 6.08 Å². The third kappa shape index (κ3) is 4.07. The van der Waals surface area contributed by atoms with Crippen LogP contribution in [-0.4, -0.2) is 52.3 Å². The summed E-state index contributed by atoms with van der Waals surface area (Å²) in [6, 6.07) is -1.34. The quantitative estimate of drug-likeness (QED) is 0.613. The van der Waals surface area contributed by atoms with Gasteiger partial charge in [0.1, 0.15) is 6.04 Å². The van der Waals surface area contributed by atoms with Crippen molar-refractivity contribution in [2.75, 3.05) is 13.1 Å². The number of piperidine rings is 1. The Balaban J connectivity index is 2.46. The van der Waals surface area contributed by atoms with E-state index in [2.05, 4.69) is 11.9 Å². The summed E-state index contributed by atoms with van der Waals surface area (Å²) in [4.78, 5) is 24.1. The molecule has 1 fully saturated rings. The fraction of sp³-hybridized carbons (Fsp3) is 0.636. The highest BCUT2D eigenvalue weighted by Crippen LogP contribution is 2.10. The molecule has 0 aromatic rings. The SMILES string of the molecule is C=CCC(NC(=O)N1CCC(O)CC1)C(=O)O. The first-order valence-electron chi connectivity index (χ1n) is 5.61. The Morgan fingerprint density at radius 2 is 2.06 bits per heavy atom. The maximum absolute atomic E-state index is 11.7. The Bertz CT molecular complexity index is 298. The predicted molar refractivity (Wildman–Crippen MR) is 61.6 cm³/mol. The van der Waals surface area contributed by atoms with Gasteiger partial charge in [-0.2, -0.15) is 0 Å². The Kier molecular flexibility index (Phi) is 4.96. The fourth-order valence-corrected chi connectivity index (χ4v) is 1.70. The normalized spacial score (nSPS) is 18.5. The van der Waals surface area contributed by atoms with Crippen molar-refractivity contribution < 1.29 is 19.8 Å². The van der Waals surface area contributed by atoms with Gasteiger partial charge >= 0.3 is 12.0 Å². The summed E-state index contributed by atoms with van der Waals surface area (Å²) >= 11 is 0. The lowest BCUT2D eigenvalue weighted by Crippen LogP contribution is -2.50. The summed E-state index contributed by atoms with van der Waals surface area (Å²) in [6.45, 7) is 4.35. The smallest absolute Gasteiger partial charge is 0.326 e. The zero-order valence-electron chi connectivity index (χ0n) is 9.63. The molecule has 3 N–H and O–H groups in total. The van der Waals surface area contributed by atoms with Crippen molar-refractivity contribution in [3.8, 4) is 0 Å². The highest BCUT2D eigenvalue weighted by Gasteiger charge is 2.25. The molecule has 1 aliphatic rings. The van der Waals surface area contributed by atoms with Gasteiger partial charge in [0.15, 0.2) is 0 Å². The zero-order chi connectivity index (χ0) is 12.8. The van der Waals surface area contributed by atoms with Gasteiger partial charge in [0.25, 0.3) is 0 Å². The number of carboxylic acids is 1. The van der Waals surface area contributed by atoms with Crippen LogP contribution in [0.25, 0.3) is 0 Å². The second kappa shape index (κ2) is 6.24. The maximum Gasteiger partial charge on any atom is 0.326 e. The van der Waals surface area contributed by atoms with Crippen LogP contribution in [0.3, 0.4) is 0 Å². The molecule has 0 saturated carbocycles. The summed E-state index contributed by atoms with van der Waals surface area (Å²) < 4.78 is 0. The summed E-state index contributed by atoms with van der Waals surface area (Å²) in [5, 5.41) is 20.6. The molecule has 0 bridgehead atoms.